The van der Waals surface area contributed by atoms with E-state index in [4.69, 9.17) is 29.9 Å². The predicted molar refractivity (Wildman–Crippen MR) is 76.2 cm³/mol. The highest BCUT2D eigenvalue weighted by atomic mass is 31.1. The van der Waals surface area contributed by atoms with E-state index in [1.54, 1.807) is 0 Å². The van der Waals surface area contributed by atoms with Gasteiger partial charge in [-0.25, -0.2) is 4.98 Å². The topological polar surface area (TPSA) is 197 Å². The smallest absolute Gasteiger partial charge is 0.394 e. The number of hydrogen-bond acceptors (Lipinski definition) is 8. The Morgan fingerprint density at radius 2 is 2.17 bits per heavy atom. The summed E-state index contributed by atoms with van der Waals surface area (Å²) in [7, 11) is -2.87. The number of aliphatic hydroxyl groups is 2. The number of nitrogens with zero attached hydrogens (tertiary/aromatic N) is 3. The van der Waals surface area contributed by atoms with Crippen LogP contribution in [0, 0.1) is 0 Å². The highest BCUT2D eigenvalue weighted by Gasteiger charge is 2.35. The van der Waals surface area contributed by atoms with Crippen LogP contribution in [-0.2, 0) is 9.30 Å². The maximum Gasteiger partial charge on any atom is 0.692 e. The molecular formula is C10H15N5O7P+. The van der Waals surface area contributed by atoms with E-state index in [-0.39, 0.29) is 30.1 Å². The summed E-state index contributed by atoms with van der Waals surface area (Å²) in [5.41, 5.74) is 5.50. The normalized spacial score (nSPS) is 23.6. The number of nitrogen functional groups attached to an aromatic ring is 1. The molecule has 1 aliphatic rings. The second-order valence-corrected chi connectivity index (χ2v) is 5.15. The summed E-state index contributed by atoms with van der Waals surface area (Å²) in [6, 6.07) is 0. The van der Waals surface area contributed by atoms with Crippen molar-refractivity contribution in [2.45, 2.75) is 24.9 Å². The van der Waals surface area contributed by atoms with Crippen LogP contribution in [0.3, 0.4) is 0 Å². The van der Waals surface area contributed by atoms with Gasteiger partial charge >= 0.3 is 8.25 Å². The molecule has 1 fully saturated rings. The van der Waals surface area contributed by atoms with E-state index in [0.29, 0.717) is 0 Å². The fourth-order valence-corrected chi connectivity index (χ4v) is 2.20. The number of aromatic nitrogens is 4. The summed E-state index contributed by atoms with van der Waals surface area (Å²) in [6.07, 6.45) is -0.270. The number of ether oxygens (including phenoxy) is 1. The Bertz CT molecular complexity index is 758. The standard InChI is InChI=1S/C10H13N5O4.HO3P/c11-10-13-8-7(9(18)14-10)12-3-15(8)6-1-4(17)5(2-16)19-6;1-4(2)3/h3-6,16-17H,1-2H2,(H3,11,13,14,18);(H-,1,2,3)/p+1/t4-,5+,6?;/m0./s1. The highest BCUT2D eigenvalue weighted by molar-refractivity contribution is 7.30. The fraction of sp³-hybridized carbons (Fsp3) is 0.500. The number of H-pyrrole nitrogens is 1. The molecule has 2 aromatic rings. The van der Waals surface area contributed by atoms with Crippen LogP contribution in [0.2, 0.25) is 0 Å². The fourth-order valence-electron chi connectivity index (χ4n) is 2.20. The number of rotatable bonds is 2. The van der Waals surface area contributed by atoms with Gasteiger partial charge in [0.05, 0.1) is 19.0 Å². The van der Waals surface area contributed by atoms with Gasteiger partial charge in [-0.05, 0) is 0 Å². The van der Waals surface area contributed by atoms with Crippen LogP contribution in [0.4, 0.5) is 5.95 Å². The van der Waals surface area contributed by atoms with Crippen molar-refractivity contribution in [1.29, 1.82) is 0 Å². The molecule has 0 spiro atoms. The van der Waals surface area contributed by atoms with E-state index in [2.05, 4.69) is 15.0 Å². The summed E-state index contributed by atoms with van der Waals surface area (Å²) in [5, 5.41) is 18.8. The molecular weight excluding hydrogens is 333 g/mol. The van der Waals surface area contributed by atoms with E-state index < -0.39 is 32.2 Å². The number of aliphatic hydroxyl groups excluding tert-OH is 2. The van der Waals surface area contributed by atoms with Gasteiger partial charge in [-0.1, -0.05) is 0 Å². The lowest BCUT2D eigenvalue weighted by molar-refractivity contribution is -0.0432. The van der Waals surface area contributed by atoms with Crippen molar-refractivity contribution >= 4 is 25.4 Å². The van der Waals surface area contributed by atoms with Crippen LogP contribution < -0.4 is 11.3 Å². The number of imidazole rings is 1. The summed E-state index contributed by atoms with van der Waals surface area (Å²) >= 11 is 0. The Kier molecular flexibility index (Phi) is 5.36. The lowest BCUT2D eigenvalue weighted by atomic mass is 10.2. The van der Waals surface area contributed by atoms with Gasteiger partial charge in [0.2, 0.25) is 5.95 Å². The summed E-state index contributed by atoms with van der Waals surface area (Å²) in [5.74, 6) is -0.0171. The van der Waals surface area contributed by atoms with Crippen LogP contribution in [0.5, 0.6) is 0 Å². The molecule has 23 heavy (non-hydrogen) atoms. The van der Waals surface area contributed by atoms with E-state index >= 15 is 0 Å². The van der Waals surface area contributed by atoms with Gasteiger partial charge in [-0.3, -0.25) is 14.3 Å². The molecule has 2 aromatic heterocycles. The van der Waals surface area contributed by atoms with E-state index in [1.165, 1.54) is 10.9 Å². The third kappa shape index (κ3) is 3.88. The molecule has 0 aromatic carbocycles. The molecule has 0 aliphatic carbocycles. The summed E-state index contributed by atoms with van der Waals surface area (Å²) in [4.78, 5) is 36.2. The van der Waals surface area contributed by atoms with Gasteiger partial charge in [-0.2, -0.15) is 4.98 Å². The van der Waals surface area contributed by atoms with E-state index in [1.807, 2.05) is 0 Å². The van der Waals surface area contributed by atoms with Gasteiger partial charge in [0.25, 0.3) is 5.56 Å². The molecule has 0 amide bonds. The monoisotopic (exact) mass is 348 g/mol. The Hall–Kier alpha value is -1.95. The lowest BCUT2D eigenvalue weighted by Gasteiger charge is -2.13. The van der Waals surface area contributed by atoms with Crippen LogP contribution in [0.1, 0.15) is 12.6 Å². The van der Waals surface area contributed by atoms with E-state index in [0.717, 1.165) is 0 Å². The first kappa shape index (κ1) is 17.4. The van der Waals surface area contributed by atoms with Gasteiger partial charge in [0.15, 0.2) is 11.2 Å². The first-order valence-corrected chi connectivity index (χ1v) is 7.51. The molecule has 126 valence electrons. The van der Waals surface area contributed by atoms with Crippen molar-refractivity contribution in [3.05, 3.63) is 16.7 Å². The van der Waals surface area contributed by atoms with E-state index in [9.17, 15) is 9.90 Å². The summed E-state index contributed by atoms with van der Waals surface area (Å²) < 4.78 is 15.7. The molecule has 12 nitrogen and oxygen atoms in total. The number of anilines is 1. The molecule has 0 radical (unpaired) electrons. The maximum atomic E-state index is 11.6. The van der Waals surface area contributed by atoms with Gasteiger partial charge < -0.3 is 20.7 Å². The molecule has 3 atom stereocenters. The van der Waals surface area contributed by atoms with Crippen LogP contribution in [0.25, 0.3) is 11.2 Å². The minimum atomic E-state index is -2.87. The first-order valence-electron chi connectivity index (χ1n) is 6.35. The highest BCUT2D eigenvalue weighted by Crippen LogP contribution is 2.30. The number of aromatic amines is 1. The molecule has 0 saturated carbocycles. The van der Waals surface area contributed by atoms with Crippen LogP contribution >= 0.6 is 8.25 Å². The van der Waals surface area contributed by atoms with Crippen molar-refractivity contribution in [3.8, 4) is 0 Å². The molecule has 1 unspecified atom stereocenters. The average Bonchev–Trinajstić information content (AvgIpc) is 3.01. The SMILES string of the molecule is Nc1nc2c(ncn2C2C[C@H](O)[C@@H](CO)O2)c(=O)[nH]1.O=[P+](O)O. The van der Waals surface area contributed by atoms with Gasteiger partial charge in [-0.15, -0.1) is 9.79 Å². The second-order valence-electron chi connectivity index (χ2n) is 4.64. The number of nitrogens with two attached hydrogens (primary N) is 1. The Labute approximate surface area is 129 Å². The van der Waals surface area contributed by atoms with Crippen molar-refractivity contribution in [2.75, 3.05) is 12.3 Å². The average molecular weight is 348 g/mol. The third-order valence-corrected chi connectivity index (χ3v) is 3.15. The van der Waals surface area contributed by atoms with Gasteiger partial charge in [0, 0.05) is 11.0 Å². The lowest BCUT2D eigenvalue weighted by Crippen LogP contribution is -2.24. The van der Waals surface area contributed by atoms with Crippen LogP contribution in [-0.4, -0.2) is 58.3 Å². The Morgan fingerprint density at radius 1 is 1.52 bits per heavy atom. The minimum Gasteiger partial charge on any atom is -0.394 e. The predicted octanol–water partition coefficient (Wildman–Crippen LogP) is -2.03. The molecule has 0 bridgehead atoms. The van der Waals surface area contributed by atoms with Gasteiger partial charge in [0.1, 0.15) is 12.3 Å². The second kappa shape index (κ2) is 7.08. The molecule has 3 heterocycles. The van der Waals surface area contributed by atoms with Crippen molar-refractivity contribution in [1.82, 2.24) is 19.5 Å². The molecule has 13 heteroatoms. The zero-order valence-corrected chi connectivity index (χ0v) is 12.5. The molecule has 1 saturated heterocycles. The zero-order valence-electron chi connectivity index (χ0n) is 11.6. The maximum absolute atomic E-state index is 11.6. The quantitative estimate of drug-likeness (QED) is 0.329. The first-order chi connectivity index (χ1) is 10.8. The minimum absolute atomic E-state index is 0.0171. The Morgan fingerprint density at radius 3 is 2.74 bits per heavy atom. The largest absolute Gasteiger partial charge is 0.692 e. The van der Waals surface area contributed by atoms with Crippen molar-refractivity contribution in [3.63, 3.8) is 0 Å². The number of nitrogens with one attached hydrogen (secondary N) is 1. The zero-order chi connectivity index (χ0) is 17.1. The molecule has 3 rings (SSSR count). The summed E-state index contributed by atoms with van der Waals surface area (Å²) in [6.45, 7) is -0.277. The molecule has 1 aliphatic heterocycles. The Balaban J connectivity index is 0.000000433. The number of hydrogen-bond donors (Lipinski definition) is 6. The molecule has 7 N–H and O–H groups in total. The number of fused-ring (bicyclic) bond motifs is 1. The van der Waals surface area contributed by atoms with Crippen LogP contribution in [0.15, 0.2) is 11.1 Å². The third-order valence-electron chi connectivity index (χ3n) is 3.15. The van der Waals surface area contributed by atoms with Crippen molar-refractivity contribution in [2.24, 2.45) is 0 Å². The van der Waals surface area contributed by atoms with Crippen molar-refractivity contribution < 1.29 is 29.3 Å².